The number of rotatable bonds is 1. The SMILES string of the molecule is CC(C)c1ccc2c(I)nn(C)c2c1. The second-order valence-corrected chi connectivity index (χ2v) is 4.87. The third kappa shape index (κ3) is 1.54. The topological polar surface area (TPSA) is 17.8 Å². The Labute approximate surface area is 97.4 Å². The molecule has 0 saturated carbocycles. The van der Waals surface area contributed by atoms with Crippen LogP contribution in [0.5, 0.6) is 0 Å². The van der Waals surface area contributed by atoms with Crippen molar-refractivity contribution in [1.29, 1.82) is 0 Å². The van der Waals surface area contributed by atoms with Crippen LogP contribution in [0.25, 0.3) is 10.9 Å². The number of aryl methyl sites for hydroxylation is 1. The molecular formula is C11H13IN2. The van der Waals surface area contributed by atoms with Crippen molar-refractivity contribution in [3.8, 4) is 0 Å². The fourth-order valence-corrected chi connectivity index (χ4v) is 2.37. The molecule has 1 aromatic carbocycles. The molecule has 2 rings (SSSR count). The van der Waals surface area contributed by atoms with Gasteiger partial charge in [0.05, 0.1) is 5.52 Å². The summed E-state index contributed by atoms with van der Waals surface area (Å²) in [6.07, 6.45) is 0. The van der Waals surface area contributed by atoms with Gasteiger partial charge in [0.2, 0.25) is 0 Å². The molecule has 0 amide bonds. The number of nitrogens with zero attached hydrogens (tertiary/aromatic N) is 2. The summed E-state index contributed by atoms with van der Waals surface area (Å²) in [4.78, 5) is 0. The Morgan fingerprint density at radius 2 is 2.07 bits per heavy atom. The highest BCUT2D eigenvalue weighted by Crippen LogP contribution is 2.24. The van der Waals surface area contributed by atoms with Crippen LogP contribution in [0.1, 0.15) is 25.3 Å². The summed E-state index contributed by atoms with van der Waals surface area (Å²) in [6, 6.07) is 6.59. The van der Waals surface area contributed by atoms with Crippen LogP contribution in [0, 0.1) is 3.70 Å². The summed E-state index contributed by atoms with van der Waals surface area (Å²) in [7, 11) is 1.99. The normalized spacial score (nSPS) is 11.5. The van der Waals surface area contributed by atoms with Crippen molar-refractivity contribution >= 4 is 33.5 Å². The van der Waals surface area contributed by atoms with Crippen molar-refractivity contribution in [2.75, 3.05) is 0 Å². The van der Waals surface area contributed by atoms with E-state index in [-0.39, 0.29) is 0 Å². The van der Waals surface area contributed by atoms with Gasteiger partial charge < -0.3 is 0 Å². The van der Waals surface area contributed by atoms with E-state index in [0.29, 0.717) is 5.92 Å². The van der Waals surface area contributed by atoms with Crippen molar-refractivity contribution in [1.82, 2.24) is 9.78 Å². The van der Waals surface area contributed by atoms with Gasteiger partial charge in [0, 0.05) is 12.4 Å². The predicted molar refractivity (Wildman–Crippen MR) is 67.5 cm³/mol. The molecule has 1 heterocycles. The minimum absolute atomic E-state index is 0.576. The minimum atomic E-state index is 0.576. The predicted octanol–water partition coefficient (Wildman–Crippen LogP) is 3.30. The van der Waals surface area contributed by atoms with E-state index >= 15 is 0 Å². The largest absolute Gasteiger partial charge is 0.267 e. The molecule has 0 aliphatic heterocycles. The van der Waals surface area contributed by atoms with Crippen LogP contribution in [0.3, 0.4) is 0 Å². The molecule has 0 aliphatic rings. The van der Waals surface area contributed by atoms with Gasteiger partial charge in [-0.25, -0.2) is 0 Å². The van der Waals surface area contributed by atoms with Crippen LogP contribution < -0.4 is 0 Å². The first-order valence-electron chi connectivity index (χ1n) is 4.71. The number of benzene rings is 1. The lowest BCUT2D eigenvalue weighted by Crippen LogP contribution is -1.91. The average molecular weight is 300 g/mol. The van der Waals surface area contributed by atoms with Crippen LogP contribution in [-0.4, -0.2) is 9.78 Å². The smallest absolute Gasteiger partial charge is 0.131 e. The first kappa shape index (κ1) is 9.96. The lowest BCUT2D eigenvalue weighted by Gasteiger charge is -2.05. The summed E-state index contributed by atoms with van der Waals surface area (Å²) < 4.78 is 3.03. The first-order valence-corrected chi connectivity index (χ1v) is 5.79. The van der Waals surface area contributed by atoms with Gasteiger partial charge in [0.1, 0.15) is 3.70 Å². The molecular weight excluding hydrogens is 287 g/mol. The molecule has 3 heteroatoms. The zero-order chi connectivity index (χ0) is 10.3. The van der Waals surface area contributed by atoms with Crippen molar-refractivity contribution in [2.45, 2.75) is 19.8 Å². The molecule has 0 bridgehead atoms. The van der Waals surface area contributed by atoms with E-state index < -0.39 is 0 Å². The van der Waals surface area contributed by atoms with Gasteiger partial charge in [0.25, 0.3) is 0 Å². The maximum Gasteiger partial charge on any atom is 0.131 e. The fraction of sp³-hybridized carbons (Fsp3) is 0.364. The Bertz CT molecular complexity index is 471. The molecule has 0 N–H and O–H groups in total. The number of hydrogen-bond donors (Lipinski definition) is 0. The van der Waals surface area contributed by atoms with Gasteiger partial charge in [0.15, 0.2) is 0 Å². The second-order valence-electron chi connectivity index (χ2n) is 3.85. The zero-order valence-electron chi connectivity index (χ0n) is 8.58. The Morgan fingerprint density at radius 1 is 1.36 bits per heavy atom. The number of aromatic nitrogens is 2. The van der Waals surface area contributed by atoms with E-state index in [0.717, 1.165) is 3.70 Å². The Kier molecular flexibility index (Phi) is 2.51. The van der Waals surface area contributed by atoms with E-state index in [1.165, 1.54) is 16.5 Å². The Hall–Kier alpha value is -0.580. The van der Waals surface area contributed by atoms with Crippen molar-refractivity contribution in [3.63, 3.8) is 0 Å². The first-order chi connectivity index (χ1) is 6.59. The van der Waals surface area contributed by atoms with Gasteiger partial charge in [-0.3, -0.25) is 4.68 Å². The van der Waals surface area contributed by atoms with Crippen molar-refractivity contribution in [3.05, 3.63) is 27.5 Å². The molecule has 0 fully saturated rings. The molecule has 14 heavy (non-hydrogen) atoms. The number of halogens is 1. The lowest BCUT2D eigenvalue weighted by molar-refractivity contribution is 0.785. The third-order valence-electron chi connectivity index (χ3n) is 2.50. The molecule has 2 nitrogen and oxygen atoms in total. The van der Waals surface area contributed by atoms with Crippen LogP contribution in [0.15, 0.2) is 18.2 Å². The van der Waals surface area contributed by atoms with Crippen LogP contribution in [-0.2, 0) is 7.05 Å². The van der Waals surface area contributed by atoms with Crippen LogP contribution in [0.4, 0.5) is 0 Å². The average Bonchev–Trinajstić information content (AvgIpc) is 2.42. The fourth-order valence-electron chi connectivity index (χ4n) is 1.59. The van der Waals surface area contributed by atoms with E-state index in [1.54, 1.807) is 0 Å². The van der Waals surface area contributed by atoms with Gasteiger partial charge in [-0.15, -0.1) is 0 Å². The Balaban J connectivity index is 2.71. The molecule has 0 unspecified atom stereocenters. The van der Waals surface area contributed by atoms with Crippen molar-refractivity contribution in [2.24, 2.45) is 7.05 Å². The quantitative estimate of drug-likeness (QED) is 0.739. The van der Waals surface area contributed by atoms with E-state index in [4.69, 9.17) is 0 Å². The van der Waals surface area contributed by atoms with Gasteiger partial charge in [-0.05, 0) is 46.2 Å². The monoisotopic (exact) mass is 300 g/mol. The molecule has 2 aromatic rings. The number of hydrogen-bond acceptors (Lipinski definition) is 1. The maximum absolute atomic E-state index is 4.39. The summed E-state index contributed by atoms with van der Waals surface area (Å²) >= 11 is 2.28. The maximum atomic E-state index is 4.39. The van der Waals surface area contributed by atoms with Crippen molar-refractivity contribution < 1.29 is 0 Å². The molecule has 0 aliphatic carbocycles. The van der Waals surface area contributed by atoms with Gasteiger partial charge >= 0.3 is 0 Å². The zero-order valence-corrected chi connectivity index (χ0v) is 10.7. The highest BCUT2D eigenvalue weighted by Gasteiger charge is 2.07. The van der Waals surface area contributed by atoms with Gasteiger partial charge in [-0.2, -0.15) is 5.10 Å². The van der Waals surface area contributed by atoms with Crippen LogP contribution >= 0.6 is 22.6 Å². The summed E-state index contributed by atoms with van der Waals surface area (Å²) in [5.74, 6) is 0.576. The lowest BCUT2D eigenvalue weighted by atomic mass is 10.0. The third-order valence-corrected chi connectivity index (χ3v) is 3.29. The molecule has 0 spiro atoms. The molecule has 0 atom stereocenters. The summed E-state index contributed by atoms with van der Waals surface area (Å²) in [5, 5.41) is 5.64. The highest BCUT2D eigenvalue weighted by atomic mass is 127. The molecule has 0 saturated heterocycles. The summed E-state index contributed by atoms with van der Waals surface area (Å²) in [6.45, 7) is 4.42. The molecule has 1 aromatic heterocycles. The molecule has 74 valence electrons. The standard InChI is InChI=1S/C11H13IN2/c1-7(2)8-4-5-9-10(6-8)14(3)13-11(9)12/h4-7H,1-3H3. The molecule has 0 radical (unpaired) electrons. The van der Waals surface area contributed by atoms with E-state index in [9.17, 15) is 0 Å². The van der Waals surface area contributed by atoms with Gasteiger partial charge in [-0.1, -0.05) is 19.9 Å². The van der Waals surface area contributed by atoms with E-state index in [2.05, 4.69) is 59.7 Å². The summed E-state index contributed by atoms with van der Waals surface area (Å²) in [5.41, 5.74) is 2.59. The van der Waals surface area contributed by atoms with Crippen LogP contribution in [0.2, 0.25) is 0 Å². The minimum Gasteiger partial charge on any atom is -0.267 e. The van der Waals surface area contributed by atoms with E-state index in [1.807, 2.05) is 11.7 Å². The highest BCUT2D eigenvalue weighted by molar-refractivity contribution is 14.1. The second kappa shape index (κ2) is 3.53. The Morgan fingerprint density at radius 3 is 2.71 bits per heavy atom. The number of fused-ring (bicyclic) bond motifs is 1.